The molecule has 118 valence electrons. The Morgan fingerprint density at radius 2 is 2.14 bits per heavy atom. The fourth-order valence-corrected chi connectivity index (χ4v) is 2.79. The van der Waals surface area contributed by atoms with E-state index in [-0.39, 0.29) is 0 Å². The summed E-state index contributed by atoms with van der Waals surface area (Å²) < 4.78 is 0. The lowest BCUT2D eigenvalue weighted by molar-refractivity contribution is 0.194. The molecule has 1 aromatic rings. The van der Waals surface area contributed by atoms with Gasteiger partial charge in [-0.25, -0.2) is 4.79 Å². The first kappa shape index (κ1) is 16.1. The number of nitriles is 1. The van der Waals surface area contributed by atoms with Crippen LogP contribution in [0.1, 0.15) is 24.0 Å². The van der Waals surface area contributed by atoms with Crippen molar-refractivity contribution < 1.29 is 9.90 Å². The Kier molecular flexibility index (Phi) is 5.61. The van der Waals surface area contributed by atoms with Gasteiger partial charge in [-0.05, 0) is 37.5 Å². The highest BCUT2D eigenvalue weighted by Gasteiger charge is 2.20. The Balaban J connectivity index is 1.82. The summed E-state index contributed by atoms with van der Waals surface area (Å²) in [6, 6.07) is 8.68. The standard InChI is InChI=1S/C16H22N4O2/c1-12-2-3-15(13(10-12)11-17)20-8-4-14(5-9-20)18-6-7-19-16(21)22/h2-3,10,14,18-19H,4-9H2,1H3,(H,21,22). The second-order valence-electron chi connectivity index (χ2n) is 5.58. The lowest BCUT2D eigenvalue weighted by atomic mass is 10.0. The molecule has 6 heteroatoms. The summed E-state index contributed by atoms with van der Waals surface area (Å²) in [7, 11) is 0. The monoisotopic (exact) mass is 302 g/mol. The zero-order chi connectivity index (χ0) is 15.9. The van der Waals surface area contributed by atoms with Gasteiger partial charge < -0.3 is 20.6 Å². The Bertz CT molecular complexity index is 560. The number of piperidine rings is 1. The Morgan fingerprint density at radius 1 is 1.41 bits per heavy atom. The summed E-state index contributed by atoms with van der Waals surface area (Å²) in [5.41, 5.74) is 2.85. The molecule has 0 aromatic heterocycles. The highest BCUT2D eigenvalue weighted by molar-refractivity contribution is 5.64. The molecule has 1 aromatic carbocycles. The fraction of sp³-hybridized carbons (Fsp3) is 0.500. The smallest absolute Gasteiger partial charge is 0.404 e. The molecule has 0 unspecified atom stereocenters. The van der Waals surface area contributed by atoms with Gasteiger partial charge in [0.1, 0.15) is 6.07 Å². The van der Waals surface area contributed by atoms with Crippen molar-refractivity contribution in [1.82, 2.24) is 10.6 Å². The lowest BCUT2D eigenvalue weighted by Gasteiger charge is -2.34. The van der Waals surface area contributed by atoms with E-state index in [2.05, 4.69) is 21.6 Å². The van der Waals surface area contributed by atoms with Crippen LogP contribution in [0.4, 0.5) is 10.5 Å². The molecule has 1 aliphatic heterocycles. The number of nitrogens with one attached hydrogen (secondary N) is 2. The predicted octanol–water partition coefficient (Wildman–Crippen LogP) is 1.69. The summed E-state index contributed by atoms with van der Waals surface area (Å²) >= 11 is 0. The number of anilines is 1. The average Bonchev–Trinajstić information content (AvgIpc) is 2.52. The Labute approximate surface area is 130 Å². The fourth-order valence-electron chi connectivity index (χ4n) is 2.79. The topological polar surface area (TPSA) is 88.4 Å². The van der Waals surface area contributed by atoms with Crippen LogP contribution < -0.4 is 15.5 Å². The molecule has 1 amide bonds. The third-order valence-electron chi connectivity index (χ3n) is 3.94. The summed E-state index contributed by atoms with van der Waals surface area (Å²) in [4.78, 5) is 12.6. The van der Waals surface area contributed by atoms with Crippen LogP contribution in [0.15, 0.2) is 18.2 Å². The van der Waals surface area contributed by atoms with Crippen molar-refractivity contribution in [2.24, 2.45) is 0 Å². The maximum absolute atomic E-state index is 10.4. The number of aryl methyl sites for hydroxylation is 1. The largest absolute Gasteiger partial charge is 0.465 e. The molecule has 1 heterocycles. The molecule has 1 saturated heterocycles. The van der Waals surface area contributed by atoms with E-state index in [0.29, 0.717) is 19.1 Å². The molecular formula is C16H22N4O2. The van der Waals surface area contributed by atoms with E-state index < -0.39 is 6.09 Å². The van der Waals surface area contributed by atoms with Crippen LogP contribution in [0, 0.1) is 18.3 Å². The minimum Gasteiger partial charge on any atom is -0.465 e. The molecular weight excluding hydrogens is 280 g/mol. The van der Waals surface area contributed by atoms with Crippen molar-refractivity contribution >= 4 is 11.8 Å². The minimum absolute atomic E-state index is 0.405. The number of hydrogen-bond acceptors (Lipinski definition) is 4. The normalized spacial score (nSPS) is 15.4. The molecule has 0 bridgehead atoms. The molecule has 0 aliphatic carbocycles. The van der Waals surface area contributed by atoms with E-state index in [1.807, 2.05) is 25.1 Å². The quantitative estimate of drug-likeness (QED) is 0.720. The molecule has 3 N–H and O–H groups in total. The molecule has 22 heavy (non-hydrogen) atoms. The van der Waals surface area contributed by atoms with Gasteiger partial charge in [-0.3, -0.25) is 0 Å². The summed E-state index contributed by atoms with van der Waals surface area (Å²) in [6.07, 6.45) is 0.998. The van der Waals surface area contributed by atoms with Gasteiger partial charge in [0.15, 0.2) is 0 Å². The van der Waals surface area contributed by atoms with Crippen LogP contribution in [0.5, 0.6) is 0 Å². The summed E-state index contributed by atoms with van der Waals surface area (Å²) in [5.74, 6) is 0. The number of nitrogens with zero attached hydrogens (tertiary/aromatic N) is 2. The van der Waals surface area contributed by atoms with Crippen LogP contribution in [0.25, 0.3) is 0 Å². The maximum Gasteiger partial charge on any atom is 0.404 e. The molecule has 0 spiro atoms. The van der Waals surface area contributed by atoms with Crippen molar-refractivity contribution in [2.75, 3.05) is 31.1 Å². The molecule has 1 fully saturated rings. The molecule has 6 nitrogen and oxygen atoms in total. The van der Waals surface area contributed by atoms with Crippen LogP contribution in [-0.2, 0) is 0 Å². The molecule has 0 radical (unpaired) electrons. The van der Waals surface area contributed by atoms with Crippen LogP contribution in [0.2, 0.25) is 0 Å². The van der Waals surface area contributed by atoms with E-state index >= 15 is 0 Å². The number of hydrogen-bond donors (Lipinski definition) is 3. The Hall–Kier alpha value is -2.26. The van der Waals surface area contributed by atoms with Crippen molar-refractivity contribution in [3.63, 3.8) is 0 Å². The third-order valence-corrected chi connectivity index (χ3v) is 3.94. The van der Waals surface area contributed by atoms with Gasteiger partial charge in [0.05, 0.1) is 11.3 Å². The van der Waals surface area contributed by atoms with Gasteiger partial charge in [-0.2, -0.15) is 5.26 Å². The van der Waals surface area contributed by atoms with Gasteiger partial charge in [0.2, 0.25) is 0 Å². The van der Waals surface area contributed by atoms with Gasteiger partial charge in [-0.15, -0.1) is 0 Å². The molecule has 0 saturated carbocycles. The second-order valence-corrected chi connectivity index (χ2v) is 5.58. The number of benzene rings is 1. The van der Waals surface area contributed by atoms with Crippen molar-refractivity contribution in [3.8, 4) is 6.07 Å². The van der Waals surface area contributed by atoms with E-state index in [9.17, 15) is 10.1 Å². The van der Waals surface area contributed by atoms with Crippen LogP contribution in [0.3, 0.4) is 0 Å². The lowest BCUT2D eigenvalue weighted by Crippen LogP contribution is -2.44. The van der Waals surface area contributed by atoms with Crippen molar-refractivity contribution in [1.29, 1.82) is 5.26 Å². The van der Waals surface area contributed by atoms with Crippen LogP contribution in [-0.4, -0.2) is 43.4 Å². The van der Waals surface area contributed by atoms with Crippen LogP contribution >= 0.6 is 0 Å². The first-order chi connectivity index (χ1) is 10.6. The predicted molar refractivity (Wildman–Crippen MR) is 85.2 cm³/mol. The zero-order valence-corrected chi connectivity index (χ0v) is 12.8. The first-order valence-electron chi connectivity index (χ1n) is 7.56. The second kappa shape index (κ2) is 7.66. The Morgan fingerprint density at radius 3 is 2.77 bits per heavy atom. The highest BCUT2D eigenvalue weighted by Crippen LogP contribution is 2.24. The average molecular weight is 302 g/mol. The number of amides is 1. The summed E-state index contributed by atoms with van der Waals surface area (Å²) in [5, 5.41) is 23.5. The number of rotatable bonds is 5. The molecule has 0 atom stereocenters. The molecule has 1 aliphatic rings. The van der Waals surface area contributed by atoms with E-state index in [1.54, 1.807) is 0 Å². The van der Waals surface area contributed by atoms with Gasteiger partial charge in [-0.1, -0.05) is 6.07 Å². The van der Waals surface area contributed by atoms with Gasteiger partial charge in [0, 0.05) is 32.2 Å². The van der Waals surface area contributed by atoms with Crippen molar-refractivity contribution in [3.05, 3.63) is 29.3 Å². The van der Waals surface area contributed by atoms with E-state index in [1.165, 1.54) is 0 Å². The van der Waals surface area contributed by atoms with Crippen molar-refractivity contribution in [2.45, 2.75) is 25.8 Å². The van der Waals surface area contributed by atoms with Gasteiger partial charge >= 0.3 is 6.09 Å². The van der Waals surface area contributed by atoms with E-state index in [0.717, 1.165) is 42.7 Å². The minimum atomic E-state index is -0.986. The number of carboxylic acid groups (broad SMARTS) is 1. The first-order valence-corrected chi connectivity index (χ1v) is 7.56. The SMILES string of the molecule is Cc1ccc(N2CCC(NCCNC(=O)O)CC2)c(C#N)c1. The van der Waals surface area contributed by atoms with Gasteiger partial charge in [0.25, 0.3) is 0 Å². The third kappa shape index (κ3) is 4.37. The van der Waals surface area contributed by atoms with E-state index in [4.69, 9.17) is 5.11 Å². The summed E-state index contributed by atoms with van der Waals surface area (Å²) in [6.45, 7) is 4.87. The highest BCUT2D eigenvalue weighted by atomic mass is 16.4. The maximum atomic E-state index is 10.4. The molecule has 2 rings (SSSR count). The zero-order valence-electron chi connectivity index (χ0n) is 12.8. The number of carbonyl (C=O) groups is 1.